The van der Waals surface area contributed by atoms with Crippen molar-refractivity contribution in [3.63, 3.8) is 0 Å². The van der Waals surface area contributed by atoms with Crippen LogP contribution in [0.25, 0.3) is 10.8 Å². The maximum atomic E-state index is 12.4. The van der Waals surface area contributed by atoms with E-state index in [0.717, 1.165) is 17.7 Å². The number of oxazole rings is 1. The highest BCUT2D eigenvalue weighted by Gasteiger charge is 2.24. The molecule has 5 nitrogen and oxygen atoms in total. The third-order valence-corrected chi connectivity index (χ3v) is 5.63. The Hall–Kier alpha value is -1.08. The largest absolute Gasteiger partial charge is 0.440 e. The Kier molecular flexibility index (Phi) is 9.64. The van der Waals surface area contributed by atoms with E-state index in [9.17, 15) is 4.79 Å². The van der Waals surface area contributed by atoms with E-state index >= 15 is 0 Å². The lowest BCUT2D eigenvalue weighted by atomic mass is 9.84. The number of amides is 1. The van der Waals surface area contributed by atoms with Crippen LogP contribution in [0, 0.1) is 12.8 Å². The molecule has 1 unspecified atom stereocenters. The molecule has 1 atom stereocenters. The number of carbonyl (C=O) groups is 1. The molecule has 146 valence electrons. The number of rotatable bonds is 6. The van der Waals surface area contributed by atoms with E-state index < -0.39 is 0 Å². The van der Waals surface area contributed by atoms with Crippen LogP contribution in [0.4, 0.5) is 0 Å². The van der Waals surface area contributed by atoms with Crippen molar-refractivity contribution < 1.29 is 9.21 Å². The highest BCUT2D eigenvalue weighted by molar-refractivity contribution is 7.13. The van der Waals surface area contributed by atoms with E-state index in [0.29, 0.717) is 29.8 Å². The number of carbonyl (C=O) groups excluding carboxylic acids is 1. The number of nitrogens with one attached hydrogen (secondary N) is 1. The number of halogens is 2. The van der Waals surface area contributed by atoms with Crippen molar-refractivity contribution in [3.8, 4) is 10.8 Å². The fourth-order valence-electron chi connectivity index (χ4n) is 3.41. The van der Waals surface area contributed by atoms with Crippen LogP contribution in [0.3, 0.4) is 0 Å². The Bertz CT molecular complexity index is 670. The Balaban J connectivity index is 0.00000169. The number of hydrogen-bond donors (Lipinski definition) is 2. The summed E-state index contributed by atoms with van der Waals surface area (Å²) in [6.45, 7) is 2.35. The Labute approximate surface area is 171 Å². The van der Waals surface area contributed by atoms with Gasteiger partial charge in [0.15, 0.2) is 0 Å². The van der Waals surface area contributed by atoms with Gasteiger partial charge in [0, 0.05) is 12.6 Å². The second-order valence-electron chi connectivity index (χ2n) is 6.48. The summed E-state index contributed by atoms with van der Waals surface area (Å²) in [5.74, 6) is 1.78. The van der Waals surface area contributed by atoms with Gasteiger partial charge in [0.05, 0.1) is 17.0 Å². The Morgan fingerprint density at radius 2 is 2.12 bits per heavy atom. The lowest BCUT2D eigenvalue weighted by molar-refractivity contribution is -0.121. The van der Waals surface area contributed by atoms with Crippen molar-refractivity contribution in [3.05, 3.63) is 29.0 Å². The summed E-state index contributed by atoms with van der Waals surface area (Å²) in [5, 5.41) is 5.10. The van der Waals surface area contributed by atoms with Crippen molar-refractivity contribution in [1.82, 2.24) is 10.3 Å². The lowest BCUT2D eigenvalue weighted by Gasteiger charge is -2.30. The first-order chi connectivity index (χ1) is 11.7. The molecular formula is C18H27Cl2N3O2S. The molecule has 1 aliphatic rings. The van der Waals surface area contributed by atoms with E-state index in [2.05, 4.69) is 10.3 Å². The predicted octanol–water partition coefficient (Wildman–Crippen LogP) is 4.12. The highest BCUT2D eigenvalue weighted by Crippen LogP contribution is 2.27. The normalized spacial score (nSPS) is 15.6. The molecule has 1 amide bonds. The second kappa shape index (κ2) is 10.9. The molecule has 0 spiro atoms. The molecule has 1 fully saturated rings. The van der Waals surface area contributed by atoms with Crippen LogP contribution in [0.15, 0.2) is 21.9 Å². The molecule has 2 heterocycles. The predicted molar refractivity (Wildman–Crippen MR) is 110 cm³/mol. The molecule has 0 bridgehead atoms. The number of aryl methyl sites for hydroxylation is 1. The lowest BCUT2D eigenvalue weighted by Crippen LogP contribution is -2.46. The van der Waals surface area contributed by atoms with Crippen molar-refractivity contribution in [2.45, 2.75) is 51.5 Å². The first kappa shape index (κ1) is 23.0. The maximum absolute atomic E-state index is 12.4. The summed E-state index contributed by atoms with van der Waals surface area (Å²) in [6.07, 6.45) is 6.34. The zero-order chi connectivity index (χ0) is 16.9. The van der Waals surface area contributed by atoms with Gasteiger partial charge in [0.1, 0.15) is 5.76 Å². The zero-order valence-electron chi connectivity index (χ0n) is 14.9. The average molecular weight is 420 g/mol. The van der Waals surface area contributed by atoms with Gasteiger partial charge in [0.25, 0.3) is 0 Å². The molecule has 8 heteroatoms. The standard InChI is InChI=1S/C18H25N3O2S.2ClH/c1-12-14(21-18(23-12)16-8-5-9-24-16)10-17(22)20-15(11-19)13-6-3-2-4-7-13;;/h5,8-9,13,15H,2-4,6-7,10-11,19H2,1H3,(H,20,22);2*1H. The SMILES string of the molecule is Cc1oc(-c2cccs2)nc1CC(=O)NC(CN)C1CCCCC1.Cl.Cl. The molecule has 3 N–H and O–H groups in total. The second-order valence-corrected chi connectivity index (χ2v) is 7.43. The van der Waals surface area contributed by atoms with Crippen molar-refractivity contribution >= 4 is 42.1 Å². The van der Waals surface area contributed by atoms with Crippen LogP contribution in [0.1, 0.15) is 43.6 Å². The third-order valence-electron chi connectivity index (χ3n) is 4.77. The third kappa shape index (κ3) is 5.71. The van der Waals surface area contributed by atoms with Crippen LogP contribution in [-0.4, -0.2) is 23.5 Å². The minimum absolute atomic E-state index is 0. The van der Waals surface area contributed by atoms with Crippen LogP contribution in [-0.2, 0) is 11.2 Å². The van der Waals surface area contributed by atoms with Gasteiger partial charge in [-0.25, -0.2) is 4.98 Å². The van der Waals surface area contributed by atoms with Gasteiger partial charge in [-0.15, -0.1) is 36.2 Å². The number of aromatic nitrogens is 1. The minimum atomic E-state index is -0.0230. The van der Waals surface area contributed by atoms with E-state index in [1.807, 2.05) is 24.4 Å². The van der Waals surface area contributed by atoms with Gasteiger partial charge in [-0.3, -0.25) is 4.79 Å². The first-order valence-corrected chi connectivity index (χ1v) is 9.55. The quantitative estimate of drug-likeness (QED) is 0.737. The summed E-state index contributed by atoms with van der Waals surface area (Å²) in [5.41, 5.74) is 6.60. The Morgan fingerprint density at radius 3 is 2.73 bits per heavy atom. The van der Waals surface area contributed by atoms with Crippen LogP contribution >= 0.6 is 36.2 Å². The molecule has 26 heavy (non-hydrogen) atoms. The van der Waals surface area contributed by atoms with Crippen molar-refractivity contribution in [2.24, 2.45) is 11.7 Å². The minimum Gasteiger partial charge on any atom is -0.440 e. The van der Waals surface area contributed by atoms with Gasteiger partial charge >= 0.3 is 0 Å². The molecular weight excluding hydrogens is 393 g/mol. The summed E-state index contributed by atoms with van der Waals surface area (Å²) in [4.78, 5) is 17.9. The number of nitrogens with zero attached hydrogens (tertiary/aromatic N) is 1. The molecule has 2 aromatic rings. The van der Waals surface area contributed by atoms with E-state index in [1.165, 1.54) is 19.3 Å². The number of thiophene rings is 1. The van der Waals surface area contributed by atoms with Crippen molar-refractivity contribution in [2.75, 3.05) is 6.54 Å². The van der Waals surface area contributed by atoms with Gasteiger partial charge in [0.2, 0.25) is 11.8 Å². The molecule has 1 aliphatic carbocycles. The average Bonchev–Trinajstić information content (AvgIpc) is 3.24. The fourth-order valence-corrected chi connectivity index (χ4v) is 4.06. The molecule has 0 aliphatic heterocycles. The summed E-state index contributed by atoms with van der Waals surface area (Å²) in [7, 11) is 0. The van der Waals surface area contributed by atoms with Crippen LogP contribution in [0.5, 0.6) is 0 Å². The summed E-state index contributed by atoms with van der Waals surface area (Å²) >= 11 is 1.58. The van der Waals surface area contributed by atoms with Gasteiger partial charge < -0.3 is 15.5 Å². The summed E-state index contributed by atoms with van der Waals surface area (Å²) < 4.78 is 5.70. The number of hydrogen-bond acceptors (Lipinski definition) is 5. The molecule has 1 saturated carbocycles. The van der Waals surface area contributed by atoms with Gasteiger partial charge in [-0.2, -0.15) is 0 Å². The van der Waals surface area contributed by atoms with E-state index in [-0.39, 0.29) is 43.2 Å². The topological polar surface area (TPSA) is 81.2 Å². The van der Waals surface area contributed by atoms with Crippen molar-refractivity contribution in [1.29, 1.82) is 0 Å². The van der Waals surface area contributed by atoms with Gasteiger partial charge in [-0.1, -0.05) is 25.3 Å². The smallest absolute Gasteiger partial charge is 0.236 e. The molecule has 3 rings (SSSR count). The van der Waals surface area contributed by atoms with Crippen LogP contribution < -0.4 is 11.1 Å². The molecule has 2 aromatic heterocycles. The van der Waals surface area contributed by atoms with E-state index in [1.54, 1.807) is 11.3 Å². The molecule has 0 saturated heterocycles. The molecule has 0 radical (unpaired) electrons. The summed E-state index contributed by atoms with van der Waals surface area (Å²) in [6, 6.07) is 4.00. The molecule has 0 aromatic carbocycles. The highest BCUT2D eigenvalue weighted by atomic mass is 35.5. The number of nitrogens with two attached hydrogens (primary N) is 1. The zero-order valence-corrected chi connectivity index (χ0v) is 17.4. The maximum Gasteiger partial charge on any atom is 0.236 e. The first-order valence-electron chi connectivity index (χ1n) is 8.67. The monoisotopic (exact) mass is 419 g/mol. The fraction of sp³-hybridized carbons (Fsp3) is 0.556. The van der Waals surface area contributed by atoms with Gasteiger partial charge in [-0.05, 0) is 37.1 Å². The van der Waals surface area contributed by atoms with Crippen LogP contribution in [0.2, 0.25) is 0 Å². The van der Waals surface area contributed by atoms with E-state index in [4.69, 9.17) is 10.2 Å². The Morgan fingerprint density at radius 1 is 1.38 bits per heavy atom.